The van der Waals surface area contributed by atoms with Gasteiger partial charge < -0.3 is 10.1 Å². The number of hydrogen-bond donors (Lipinski definition) is 1. The number of esters is 1. The monoisotopic (exact) mass is 356 g/mol. The van der Waals surface area contributed by atoms with Crippen LogP contribution in [0.3, 0.4) is 0 Å². The largest absolute Gasteiger partial charge is 0.462 e. The van der Waals surface area contributed by atoms with Crippen molar-refractivity contribution in [2.24, 2.45) is 0 Å². The second kappa shape index (κ2) is 9.39. The van der Waals surface area contributed by atoms with Crippen molar-refractivity contribution < 1.29 is 22.7 Å². The van der Waals surface area contributed by atoms with Crippen LogP contribution in [-0.2, 0) is 19.6 Å². The molecule has 1 amide bonds. The van der Waals surface area contributed by atoms with Crippen LogP contribution in [-0.4, -0.2) is 50.6 Å². The smallest absolute Gasteiger partial charge is 0.340 e. The number of benzene rings is 1. The molecule has 1 aromatic rings. The first-order valence-electron chi connectivity index (χ1n) is 7.80. The van der Waals surface area contributed by atoms with Crippen LogP contribution in [0, 0.1) is 0 Å². The van der Waals surface area contributed by atoms with E-state index in [4.69, 9.17) is 4.74 Å². The van der Waals surface area contributed by atoms with E-state index in [0.717, 1.165) is 6.26 Å². The molecule has 0 unspecified atom stereocenters. The van der Waals surface area contributed by atoms with Crippen molar-refractivity contribution in [3.05, 3.63) is 29.8 Å². The van der Waals surface area contributed by atoms with Crippen LogP contribution in [0.15, 0.2) is 24.3 Å². The predicted octanol–water partition coefficient (Wildman–Crippen LogP) is 1.86. The third-order valence-electron chi connectivity index (χ3n) is 3.23. The van der Waals surface area contributed by atoms with Gasteiger partial charge in [0.1, 0.15) is 0 Å². The van der Waals surface area contributed by atoms with E-state index >= 15 is 0 Å². The van der Waals surface area contributed by atoms with E-state index in [1.54, 1.807) is 31.2 Å². The van der Waals surface area contributed by atoms with Gasteiger partial charge in [-0.05, 0) is 25.5 Å². The summed E-state index contributed by atoms with van der Waals surface area (Å²) in [6.07, 6.45) is 1.79. The molecule has 7 nitrogen and oxygen atoms in total. The summed E-state index contributed by atoms with van der Waals surface area (Å²) in [5, 5.41) is 2.64. The molecule has 134 valence electrons. The summed E-state index contributed by atoms with van der Waals surface area (Å²) in [6, 6.07) is 6.53. The summed E-state index contributed by atoms with van der Waals surface area (Å²) < 4.78 is 29.5. The van der Waals surface area contributed by atoms with Crippen LogP contribution < -0.4 is 5.32 Å². The van der Waals surface area contributed by atoms with Gasteiger partial charge in [0.05, 0.1) is 24.1 Å². The van der Waals surface area contributed by atoms with Gasteiger partial charge in [-0.25, -0.2) is 17.5 Å². The molecule has 0 aliphatic heterocycles. The number of carbonyl (C=O) groups is 2. The molecule has 0 atom stereocenters. The molecule has 1 N–H and O–H groups in total. The number of hydrogen-bond acceptors (Lipinski definition) is 5. The van der Waals surface area contributed by atoms with Crippen molar-refractivity contribution in [1.29, 1.82) is 0 Å². The number of rotatable bonds is 9. The van der Waals surface area contributed by atoms with Crippen molar-refractivity contribution >= 4 is 27.6 Å². The van der Waals surface area contributed by atoms with E-state index in [9.17, 15) is 18.0 Å². The third kappa shape index (κ3) is 6.29. The van der Waals surface area contributed by atoms with E-state index in [1.165, 1.54) is 4.31 Å². The molecule has 1 aromatic carbocycles. The highest BCUT2D eigenvalue weighted by molar-refractivity contribution is 7.88. The first-order valence-corrected chi connectivity index (χ1v) is 9.65. The van der Waals surface area contributed by atoms with Gasteiger partial charge in [0.25, 0.3) is 0 Å². The summed E-state index contributed by atoms with van der Waals surface area (Å²) in [7, 11) is -3.35. The Labute approximate surface area is 143 Å². The van der Waals surface area contributed by atoms with Crippen molar-refractivity contribution in [2.75, 3.05) is 31.3 Å². The van der Waals surface area contributed by atoms with Crippen LogP contribution in [0.1, 0.15) is 37.0 Å². The lowest BCUT2D eigenvalue weighted by molar-refractivity contribution is -0.116. The van der Waals surface area contributed by atoms with Gasteiger partial charge in [0, 0.05) is 19.5 Å². The van der Waals surface area contributed by atoms with E-state index in [-0.39, 0.29) is 31.0 Å². The fourth-order valence-electron chi connectivity index (χ4n) is 2.11. The Kier molecular flexibility index (Phi) is 7.87. The number of amides is 1. The van der Waals surface area contributed by atoms with Crippen molar-refractivity contribution in [3.63, 3.8) is 0 Å². The minimum absolute atomic E-state index is 0.00420. The highest BCUT2D eigenvalue weighted by Crippen LogP contribution is 2.16. The lowest BCUT2D eigenvalue weighted by atomic mass is 10.1. The molecular weight excluding hydrogens is 332 g/mol. The lowest BCUT2D eigenvalue weighted by Gasteiger charge is -2.19. The molecule has 0 aliphatic rings. The van der Waals surface area contributed by atoms with Crippen LogP contribution >= 0.6 is 0 Å². The number of ether oxygens (including phenoxy) is 1. The summed E-state index contributed by atoms with van der Waals surface area (Å²) in [5.74, 6) is -0.881. The standard InChI is InChI=1S/C16H24N2O5S/c1-4-11-18(24(3,21)22)12-10-15(19)17-14-9-7-6-8-13(14)16(20)23-5-2/h6-9H,4-5,10-12H2,1-3H3,(H,17,19). The first kappa shape index (κ1) is 20.1. The Hall–Kier alpha value is -1.93. The fourth-order valence-corrected chi connectivity index (χ4v) is 3.05. The highest BCUT2D eigenvalue weighted by Gasteiger charge is 2.18. The third-order valence-corrected chi connectivity index (χ3v) is 4.53. The molecule has 0 heterocycles. The Balaban J connectivity index is 2.73. The van der Waals surface area contributed by atoms with Gasteiger partial charge in [-0.2, -0.15) is 0 Å². The Bertz CT molecular complexity index is 673. The number of nitrogens with one attached hydrogen (secondary N) is 1. The molecule has 0 aliphatic carbocycles. The second-order valence-electron chi connectivity index (χ2n) is 5.23. The highest BCUT2D eigenvalue weighted by atomic mass is 32.2. The molecule has 0 spiro atoms. The van der Waals surface area contributed by atoms with Crippen molar-refractivity contribution in [2.45, 2.75) is 26.7 Å². The second-order valence-corrected chi connectivity index (χ2v) is 7.21. The van der Waals surface area contributed by atoms with Crippen molar-refractivity contribution in [1.82, 2.24) is 4.31 Å². The van der Waals surface area contributed by atoms with E-state index in [0.29, 0.717) is 18.7 Å². The Morgan fingerprint density at radius 2 is 1.83 bits per heavy atom. The maximum Gasteiger partial charge on any atom is 0.340 e. The summed E-state index contributed by atoms with van der Waals surface area (Å²) in [4.78, 5) is 24.0. The Morgan fingerprint density at radius 3 is 2.42 bits per heavy atom. The lowest BCUT2D eigenvalue weighted by Crippen LogP contribution is -2.33. The summed E-state index contributed by atoms with van der Waals surface area (Å²) >= 11 is 0. The normalized spacial score (nSPS) is 11.3. The average molecular weight is 356 g/mol. The van der Waals surface area contributed by atoms with E-state index in [2.05, 4.69) is 5.32 Å². The zero-order valence-electron chi connectivity index (χ0n) is 14.2. The zero-order chi connectivity index (χ0) is 18.2. The first-order chi connectivity index (χ1) is 11.3. The Morgan fingerprint density at radius 1 is 1.17 bits per heavy atom. The van der Waals surface area contributed by atoms with Crippen LogP contribution in [0.4, 0.5) is 5.69 Å². The maximum atomic E-state index is 12.1. The van der Waals surface area contributed by atoms with Crippen LogP contribution in [0.2, 0.25) is 0 Å². The predicted molar refractivity (Wildman–Crippen MR) is 92.4 cm³/mol. The van der Waals surface area contributed by atoms with Gasteiger partial charge in [0.15, 0.2) is 0 Å². The van der Waals surface area contributed by atoms with Crippen molar-refractivity contribution in [3.8, 4) is 0 Å². The molecule has 1 rings (SSSR count). The van der Waals surface area contributed by atoms with E-state index in [1.807, 2.05) is 6.92 Å². The topological polar surface area (TPSA) is 92.8 Å². The van der Waals surface area contributed by atoms with Gasteiger partial charge in [-0.15, -0.1) is 0 Å². The maximum absolute atomic E-state index is 12.1. The zero-order valence-corrected chi connectivity index (χ0v) is 15.1. The van der Waals surface area contributed by atoms with Gasteiger partial charge in [0.2, 0.25) is 15.9 Å². The summed E-state index contributed by atoms with van der Waals surface area (Å²) in [5.41, 5.74) is 0.614. The number of anilines is 1. The van der Waals surface area contributed by atoms with Gasteiger partial charge >= 0.3 is 5.97 Å². The van der Waals surface area contributed by atoms with Crippen LogP contribution in [0.5, 0.6) is 0 Å². The molecule has 8 heteroatoms. The molecule has 0 bridgehead atoms. The summed E-state index contributed by atoms with van der Waals surface area (Å²) in [6.45, 7) is 4.27. The minimum Gasteiger partial charge on any atom is -0.462 e. The number of nitrogens with zero attached hydrogens (tertiary/aromatic N) is 1. The number of carbonyl (C=O) groups excluding carboxylic acids is 2. The van der Waals surface area contributed by atoms with E-state index < -0.39 is 16.0 Å². The SMILES string of the molecule is CCCN(CCC(=O)Nc1ccccc1C(=O)OCC)S(C)(=O)=O. The molecule has 0 aromatic heterocycles. The van der Waals surface area contributed by atoms with Gasteiger partial charge in [-0.3, -0.25) is 4.79 Å². The molecule has 0 radical (unpaired) electrons. The fraction of sp³-hybridized carbons (Fsp3) is 0.500. The average Bonchev–Trinajstić information content (AvgIpc) is 2.51. The molecule has 0 saturated carbocycles. The number of para-hydroxylation sites is 1. The molecule has 24 heavy (non-hydrogen) atoms. The number of sulfonamides is 1. The van der Waals surface area contributed by atoms with Gasteiger partial charge in [-0.1, -0.05) is 19.1 Å². The molecule has 0 saturated heterocycles. The quantitative estimate of drug-likeness (QED) is 0.682. The molecular formula is C16H24N2O5S. The molecule has 0 fully saturated rings. The minimum atomic E-state index is -3.35. The van der Waals surface area contributed by atoms with Crippen LogP contribution in [0.25, 0.3) is 0 Å².